The summed E-state index contributed by atoms with van der Waals surface area (Å²) in [6.45, 7) is 8.19. The number of rotatable bonds is 7. The average Bonchev–Trinajstić information content (AvgIpc) is 3.19. The molecule has 0 saturated carbocycles. The van der Waals surface area contributed by atoms with Gasteiger partial charge in [0.1, 0.15) is 6.61 Å². The molecular weight excluding hydrogens is 538 g/mol. The summed E-state index contributed by atoms with van der Waals surface area (Å²) in [4.78, 5) is 33.1. The van der Waals surface area contributed by atoms with Crippen LogP contribution in [0.3, 0.4) is 0 Å². The van der Waals surface area contributed by atoms with Crippen LogP contribution in [-0.2, 0) is 40.9 Å². The molecular formula is C32H42ClN5O3. The van der Waals surface area contributed by atoms with Crippen molar-refractivity contribution in [3.05, 3.63) is 81.6 Å². The van der Waals surface area contributed by atoms with Crippen LogP contribution in [0.1, 0.15) is 47.3 Å². The van der Waals surface area contributed by atoms with Crippen molar-refractivity contribution in [2.24, 2.45) is 7.05 Å². The van der Waals surface area contributed by atoms with Crippen LogP contribution in [-0.4, -0.2) is 71.3 Å². The number of nitrogens with zero attached hydrogens (tertiary/aromatic N) is 5. The number of methoxy groups -OCH3 is 1. The van der Waals surface area contributed by atoms with Crippen LogP contribution in [0.5, 0.6) is 0 Å². The monoisotopic (exact) mass is 579 g/mol. The Morgan fingerprint density at radius 1 is 0.951 bits per heavy atom. The van der Waals surface area contributed by atoms with Gasteiger partial charge in [-0.25, -0.2) is 0 Å². The fourth-order valence-electron chi connectivity index (χ4n) is 5.61. The van der Waals surface area contributed by atoms with Crippen molar-refractivity contribution in [1.29, 1.82) is 0 Å². The molecule has 3 aromatic rings. The van der Waals surface area contributed by atoms with E-state index in [9.17, 15) is 9.59 Å². The van der Waals surface area contributed by atoms with E-state index in [0.717, 1.165) is 65.7 Å². The van der Waals surface area contributed by atoms with Gasteiger partial charge < -0.3 is 14.5 Å². The molecule has 1 aliphatic rings. The third kappa shape index (κ3) is 8.18. The van der Waals surface area contributed by atoms with Crippen molar-refractivity contribution in [3.8, 4) is 0 Å². The second-order valence-electron chi connectivity index (χ2n) is 10.8. The van der Waals surface area contributed by atoms with E-state index in [-0.39, 0.29) is 18.4 Å². The molecule has 41 heavy (non-hydrogen) atoms. The molecule has 0 saturated heterocycles. The molecule has 2 aromatic carbocycles. The first kappa shape index (κ1) is 30.8. The summed E-state index contributed by atoms with van der Waals surface area (Å²) in [5.41, 5.74) is 6.21. The molecule has 2 heterocycles. The first-order valence-corrected chi connectivity index (χ1v) is 14.8. The number of halogens is 1. The van der Waals surface area contributed by atoms with E-state index in [0.29, 0.717) is 32.5 Å². The predicted octanol–water partition coefficient (Wildman–Crippen LogP) is 4.93. The molecule has 0 aliphatic carbocycles. The fraction of sp³-hybridized carbons (Fsp3) is 0.469. The summed E-state index contributed by atoms with van der Waals surface area (Å²) >= 11 is 6.11. The molecule has 0 unspecified atom stereocenters. The van der Waals surface area contributed by atoms with Gasteiger partial charge in [0.25, 0.3) is 5.91 Å². The number of ether oxygens (including phenoxy) is 1. The molecule has 0 spiro atoms. The lowest BCUT2D eigenvalue weighted by Crippen LogP contribution is -2.40. The summed E-state index contributed by atoms with van der Waals surface area (Å²) in [5, 5.41) is 5.24. The molecule has 0 N–H and O–H groups in total. The quantitative estimate of drug-likeness (QED) is 0.397. The Labute approximate surface area is 248 Å². The number of hydrogen-bond acceptors (Lipinski definition) is 5. The molecule has 0 fully saturated rings. The van der Waals surface area contributed by atoms with Crippen molar-refractivity contribution in [3.63, 3.8) is 0 Å². The summed E-state index contributed by atoms with van der Waals surface area (Å²) in [6.07, 6.45) is 2.75. The lowest BCUT2D eigenvalue weighted by Gasteiger charge is -2.31. The molecule has 0 bridgehead atoms. The van der Waals surface area contributed by atoms with Crippen LogP contribution in [0.15, 0.2) is 48.5 Å². The van der Waals surface area contributed by atoms with Crippen molar-refractivity contribution < 1.29 is 14.3 Å². The lowest BCUT2D eigenvalue weighted by atomic mass is 10.1. The maximum atomic E-state index is 13.7. The number of fused-ring (bicyclic) bond motifs is 1. The van der Waals surface area contributed by atoms with E-state index in [1.54, 1.807) is 7.11 Å². The van der Waals surface area contributed by atoms with Gasteiger partial charge in [-0.05, 0) is 68.0 Å². The highest BCUT2D eigenvalue weighted by atomic mass is 35.5. The van der Waals surface area contributed by atoms with Gasteiger partial charge in [-0.15, -0.1) is 0 Å². The first-order chi connectivity index (χ1) is 19.8. The Balaban J connectivity index is 1.58. The molecule has 0 atom stereocenters. The maximum absolute atomic E-state index is 13.7. The minimum atomic E-state index is -0.0818. The third-order valence-electron chi connectivity index (χ3n) is 7.89. The van der Waals surface area contributed by atoms with Gasteiger partial charge in [-0.3, -0.25) is 19.2 Å². The van der Waals surface area contributed by atoms with Crippen LogP contribution >= 0.6 is 11.6 Å². The SMILES string of the molecule is COCC(=O)N1CCCN(Cc2ccc(Cl)cc2)CCCN(C(=O)CCc2c(C)nn(C)c2C)Cc2ccccc21. The molecule has 1 aromatic heterocycles. The molecule has 2 amide bonds. The second-order valence-corrected chi connectivity index (χ2v) is 11.2. The topological polar surface area (TPSA) is 70.9 Å². The number of amides is 2. The van der Waals surface area contributed by atoms with Gasteiger partial charge in [0, 0.05) is 76.3 Å². The van der Waals surface area contributed by atoms with Gasteiger partial charge in [0.2, 0.25) is 5.91 Å². The van der Waals surface area contributed by atoms with Gasteiger partial charge in [-0.1, -0.05) is 41.9 Å². The van der Waals surface area contributed by atoms with E-state index in [1.165, 1.54) is 5.56 Å². The van der Waals surface area contributed by atoms with Crippen molar-refractivity contribution in [1.82, 2.24) is 19.6 Å². The zero-order chi connectivity index (χ0) is 29.4. The van der Waals surface area contributed by atoms with E-state index in [2.05, 4.69) is 22.1 Å². The highest BCUT2D eigenvalue weighted by Gasteiger charge is 2.23. The summed E-state index contributed by atoms with van der Waals surface area (Å²) in [6, 6.07) is 15.9. The summed E-state index contributed by atoms with van der Waals surface area (Å²) < 4.78 is 7.10. The molecule has 220 valence electrons. The van der Waals surface area contributed by atoms with Crippen LogP contribution in [0, 0.1) is 13.8 Å². The molecule has 1 aliphatic heterocycles. The number of carbonyl (C=O) groups excluding carboxylic acids is 2. The molecule has 0 radical (unpaired) electrons. The Hall–Kier alpha value is -3.20. The van der Waals surface area contributed by atoms with Gasteiger partial charge in [0.05, 0.1) is 5.69 Å². The number of hydrogen-bond donors (Lipinski definition) is 0. The average molecular weight is 580 g/mol. The Kier molecular flexibility index (Phi) is 11.0. The summed E-state index contributed by atoms with van der Waals surface area (Å²) in [5.74, 6) is 0.0280. The number of benzene rings is 2. The highest BCUT2D eigenvalue weighted by Crippen LogP contribution is 2.25. The van der Waals surface area contributed by atoms with Crippen LogP contribution in [0.2, 0.25) is 5.02 Å². The van der Waals surface area contributed by atoms with Crippen LogP contribution in [0.25, 0.3) is 0 Å². The number of carbonyl (C=O) groups is 2. The Morgan fingerprint density at radius 3 is 2.34 bits per heavy atom. The maximum Gasteiger partial charge on any atom is 0.252 e. The van der Waals surface area contributed by atoms with Crippen molar-refractivity contribution >= 4 is 29.1 Å². The number of aromatic nitrogens is 2. The Morgan fingerprint density at radius 2 is 1.66 bits per heavy atom. The minimum absolute atomic E-state index is 0.00921. The number of para-hydroxylation sites is 1. The molecule has 8 nitrogen and oxygen atoms in total. The standard InChI is InChI=1S/C32H42ClN5O3/c1-24-29(25(2)35(3)34-24)15-16-31(39)37-19-7-17-36(21-26-11-13-28(33)14-12-26)18-8-20-38(32(40)23-41-4)30-10-6-5-9-27(30)22-37/h5-6,9-14H,7-8,15-23H2,1-4H3. The molecule has 4 rings (SSSR count). The summed E-state index contributed by atoms with van der Waals surface area (Å²) in [7, 11) is 3.48. The van der Waals surface area contributed by atoms with Gasteiger partial charge >= 0.3 is 0 Å². The second kappa shape index (κ2) is 14.6. The largest absolute Gasteiger partial charge is 0.375 e. The zero-order valence-electron chi connectivity index (χ0n) is 24.7. The molecule has 9 heteroatoms. The normalized spacial score (nSPS) is 15.2. The third-order valence-corrected chi connectivity index (χ3v) is 8.14. The lowest BCUT2D eigenvalue weighted by molar-refractivity contribution is -0.131. The van der Waals surface area contributed by atoms with E-state index in [1.807, 2.05) is 71.8 Å². The smallest absolute Gasteiger partial charge is 0.252 e. The highest BCUT2D eigenvalue weighted by molar-refractivity contribution is 6.30. The van der Waals surface area contributed by atoms with Crippen LogP contribution < -0.4 is 4.90 Å². The minimum Gasteiger partial charge on any atom is -0.375 e. The van der Waals surface area contributed by atoms with E-state index in [4.69, 9.17) is 16.3 Å². The first-order valence-electron chi connectivity index (χ1n) is 14.4. The van der Waals surface area contributed by atoms with E-state index >= 15 is 0 Å². The zero-order valence-corrected chi connectivity index (χ0v) is 25.5. The Bertz CT molecular complexity index is 1320. The van der Waals surface area contributed by atoms with Crippen molar-refractivity contribution in [2.75, 3.05) is 44.8 Å². The van der Waals surface area contributed by atoms with Gasteiger partial charge in [-0.2, -0.15) is 5.10 Å². The predicted molar refractivity (Wildman–Crippen MR) is 163 cm³/mol. The number of aryl methyl sites for hydroxylation is 2. The van der Waals surface area contributed by atoms with Gasteiger partial charge in [0.15, 0.2) is 0 Å². The fourth-order valence-corrected chi connectivity index (χ4v) is 5.74. The van der Waals surface area contributed by atoms with E-state index < -0.39 is 0 Å². The number of anilines is 1. The van der Waals surface area contributed by atoms with Crippen molar-refractivity contribution in [2.45, 2.75) is 52.6 Å². The van der Waals surface area contributed by atoms with Crippen LogP contribution in [0.4, 0.5) is 5.69 Å².